The van der Waals surface area contributed by atoms with Gasteiger partial charge in [0.2, 0.25) is 0 Å². The zero-order valence-electron chi connectivity index (χ0n) is 13.0. The van der Waals surface area contributed by atoms with E-state index in [0.717, 1.165) is 5.56 Å². The molecule has 1 aromatic carbocycles. The van der Waals surface area contributed by atoms with Crippen LogP contribution in [0, 0.1) is 6.92 Å². The highest BCUT2D eigenvalue weighted by molar-refractivity contribution is 5.83. The van der Waals surface area contributed by atoms with Crippen LogP contribution in [0.5, 0.6) is 5.75 Å². The molecule has 1 amide bonds. The van der Waals surface area contributed by atoms with Gasteiger partial charge in [-0.3, -0.25) is 0 Å². The first-order valence-electron chi connectivity index (χ1n) is 6.66. The summed E-state index contributed by atoms with van der Waals surface area (Å²) in [5, 5.41) is 2.42. The second-order valence-corrected chi connectivity index (χ2v) is 5.81. The molecule has 0 aliphatic rings. The molecule has 0 aliphatic carbocycles. The number of rotatable bonds is 3. The van der Waals surface area contributed by atoms with Crippen LogP contribution in [0.15, 0.2) is 18.2 Å². The summed E-state index contributed by atoms with van der Waals surface area (Å²) in [6.07, 6.45) is -0.670. The largest absolute Gasteiger partial charge is 0.444 e. The average Bonchev–Trinajstić information content (AvgIpc) is 2.31. The number of alkyl carbamates (subject to hydrolysis) is 1. The molecule has 0 heterocycles. The molecule has 0 fully saturated rings. The van der Waals surface area contributed by atoms with Gasteiger partial charge in [-0.05, 0) is 46.2 Å². The smallest absolute Gasteiger partial charge is 0.408 e. The van der Waals surface area contributed by atoms with Crippen molar-refractivity contribution in [3.05, 3.63) is 23.8 Å². The summed E-state index contributed by atoms with van der Waals surface area (Å²) in [4.78, 5) is 23.5. The van der Waals surface area contributed by atoms with E-state index >= 15 is 0 Å². The van der Waals surface area contributed by atoms with Gasteiger partial charge in [0.15, 0.2) is 0 Å². The number of ether oxygens (including phenoxy) is 2. The second-order valence-electron chi connectivity index (χ2n) is 5.81. The summed E-state index contributed by atoms with van der Waals surface area (Å²) in [5.41, 5.74) is 6.30. The Morgan fingerprint density at radius 1 is 1.29 bits per heavy atom. The molecular formula is C15H22N2O4. The lowest BCUT2D eigenvalue weighted by Gasteiger charge is -2.21. The molecule has 1 aromatic rings. The van der Waals surface area contributed by atoms with Gasteiger partial charge in [0.25, 0.3) is 0 Å². The first-order valence-corrected chi connectivity index (χ1v) is 6.66. The van der Waals surface area contributed by atoms with Crippen molar-refractivity contribution in [3.8, 4) is 5.75 Å². The van der Waals surface area contributed by atoms with Crippen LogP contribution in [0.1, 0.15) is 33.3 Å². The van der Waals surface area contributed by atoms with Gasteiger partial charge in [-0.25, -0.2) is 9.59 Å². The van der Waals surface area contributed by atoms with Crippen LogP contribution in [-0.4, -0.2) is 23.7 Å². The van der Waals surface area contributed by atoms with E-state index in [2.05, 4.69) is 5.32 Å². The molecule has 3 N–H and O–H groups in total. The molecular weight excluding hydrogens is 272 g/mol. The molecule has 0 aliphatic heterocycles. The van der Waals surface area contributed by atoms with Crippen LogP contribution >= 0.6 is 0 Å². The van der Waals surface area contributed by atoms with Gasteiger partial charge in [0.05, 0.1) is 0 Å². The predicted octanol–water partition coefficient (Wildman–Crippen LogP) is 2.40. The van der Waals surface area contributed by atoms with Crippen LogP contribution in [0.25, 0.3) is 0 Å². The van der Waals surface area contributed by atoms with E-state index in [9.17, 15) is 9.59 Å². The summed E-state index contributed by atoms with van der Waals surface area (Å²) in [7, 11) is 0. The quantitative estimate of drug-likeness (QED) is 0.507. The number of amides is 1. The Balaban J connectivity index is 2.63. The number of hydrogen-bond acceptors (Lipinski definition) is 5. The summed E-state index contributed by atoms with van der Waals surface area (Å²) < 4.78 is 10.3. The minimum Gasteiger partial charge on any atom is -0.444 e. The third kappa shape index (κ3) is 5.72. The molecule has 6 nitrogen and oxygen atoms in total. The van der Waals surface area contributed by atoms with Gasteiger partial charge >= 0.3 is 12.1 Å². The number of carbonyl (C=O) groups excluding carboxylic acids is 2. The summed E-state index contributed by atoms with van der Waals surface area (Å²) in [6.45, 7) is 8.55. The molecule has 1 atom stereocenters. The van der Waals surface area contributed by atoms with Crippen molar-refractivity contribution in [1.29, 1.82) is 0 Å². The van der Waals surface area contributed by atoms with E-state index in [-0.39, 0.29) is 0 Å². The molecule has 6 heteroatoms. The number of nitrogens with two attached hydrogens (primary N) is 1. The van der Waals surface area contributed by atoms with Crippen LogP contribution in [0.4, 0.5) is 10.5 Å². The fourth-order valence-corrected chi connectivity index (χ4v) is 1.47. The molecule has 0 bridgehead atoms. The molecule has 0 spiro atoms. The maximum Gasteiger partial charge on any atom is 0.408 e. The van der Waals surface area contributed by atoms with Gasteiger partial charge in [-0.2, -0.15) is 0 Å². The van der Waals surface area contributed by atoms with Gasteiger partial charge in [-0.15, -0.1) is 0 Å². The van der Waals surface area contributed by atoms with Crippen LogP contribution in [0.2, 0.25) is 0 Å². The third-order valence-corrected chi connectivity index (χ3v) is 2.51. The lowest BCUT2D eigenvalue weighted by Crippen LogP contribution is -2.43. The number of esters is 1. The Kier molecular flexibility index (Phi) is 5.18. The van der Waals surface area contributed by atoms with Crippen LogP contribution in [0.3, 0.4) is 0 Å². The van der Waals surface area contributed by atoms with Crippen molar-refractivity contribution in [3.63, 3.8) is 0 Å². The molecule has 1 unspecified atom stereocenters. The fourth-order valence-electron chi connectivity index (χ4n) is 1.47. The Morgan fingerprint density at radius 2 is 1.90 bits per heavy atom. The second kappa shape index (κ2) is 6.47. The number of aryl methyl sites for hydroxylation is 1. The molecule has 1 rings (SSSR count). The zero-order chi connectivity index (χ0) is 16.2. The Labute approximate surface area is 124 Å². The number of hydrogen-bond donors (Lipinski definition) is 2. The number of carbonyl (C=O) groups is 2. The van der Waals surface area contributed by atoms with Crippen molar-refractivity contribution in [1.82, 2.24) is 5.32 Å². The monoisotopic (exact) mass is 294 g/mol. The minimum atomic E-state index is -0.833. The van der Waals surface area contributed by atoms with Gasteiger partial charge in [0, 0.05) is 11.8 Å². The SMILES string of the molecule is Cc1ccc(N)cc1OC(=O)C(C)NC(=O)OC(C)(C)C. The van der Waals surface area contributed by atoms with Crippen LogP contribution < -0.4 is 15.8 Å². The van der Waals surface area contributed by atoms with Crippen molar-refractivity contribution in [2.45, 2.75) is 46.3 Å². The molecule has 0 aromatic heterocycles. The van der Waals surface area contributed by atoms with Crippen LogP contribution in [-0.2, 0) is 9.53 Å². The summed E-state index contributed by atoms with van der Waals surface area (Å²) >= 11 is 0. The summed E-state index contributed by atoms with van der Waals surface area (Å²) in [5.74, 6) is -0.215. The Morgan fingerprint density at radius 3 is 2.48 bits per heavy atom. The maximum absolute atomic E-state index is 11.9. The first-order chi connectivity index (χ1) is 9.58. The molecule has 0 saturated carbocycles. The Bertz CT molecular complexity index is 535. The van der Waals surface area contributed by atoms with E-state index in [1.807, 2.05) is 0 Å². The highest BCUT2D eigenvalue weighted by atomic mass is 16.6. The van der Waals surface area contributed by atoms with E-state index in [1.54, 1.807) is 45.9 Å². The maximum atomic E-state index is 11.9. The van der Waals surface area contributed by atoms with Gasteiger partial charge in [-0.1, -0.05) is 6.07 Å². The molecule has 0 saturated heterocycles. The number of anilines is 1. The highest BCUT2D eigenvalue weighted by Crippen LogP contribution is 2.21. The minimum absolute atomic E-state index is 0.373. The number of nitrogens with one attached hydrogen (secondary N) is 1. The lowest BCUT2D eigenvalue weighted by molar-refractivity contribution is -0.136. The summed E-state index contributed by atoms with van der Waals surface area (Å²) in [6, 6.07) is 4.20. The van der Waals surface area contributed by atoms with Crippen molar-refractivity contribution >= 4 is 17.7 Å². The normalized spacial score (nSPS) is 12.4. The molecule has 0 radical (unpaired) electrons. The molecule has 116 valence electrons. The van der Waals surface area contributed by atoms with E-state index in [4.69, 9.17) is 15.2 Å². The average molecular weight is 294 g/mol. The van der Waals surface area contributed by atoms with Gasteiger partial charge < -0.3 is 20.5 Å². The lowest BCUT2D eigenvalue weighted by atomic mass is 10.2. The predicted molar refractivity (Wildman–Crippen MR) is 80.1 cm³/mol. The van der Waals surface area contributed by atoms with Crippen molar-refractivity contribution in [2.24, 2.45) is 0 Å². The van der Waals surface area contributed by atoms with Crippen molar-refractivity contribution in [2.75, 3.05) is 5.73 Å². The standard InChI is InChI=1S/C15H22N2O4/c1-9-6-7-11(16)8-12(9)20-13(18)10(2)17-14(19)21-15(3,4)5/h6-8,10H,16H2,1-5H3,(H,17,19). The van der Waals surface area contributed by atoms with E-state index in [0.29, 0.717) is 11.4 Å². The number of nitrogen functional groups attached to an aromatic ring is 1. The van der Waals surface area contributed by atoms with E-state index < -0.39 is 23.7 Å². The third-order valence-electron chi connectivity index (χ3n) is 2.51. The Hall–Kier alpha value is -2.24. The fraction of sp³-hybridized carbons (Fsp3) is 0.467. The topological polar surface area (TPSA) is 90.6 Å². The highest BCUT2D eigenvalue weighted by Gasteiger charge is 2.22. The zero-order valence-corrected chi connectivity index (χ0v) is 13.0. The number of benzene rings is 1. The first kappa shape index (κ1) is 16.8. The van der Waals surface area contributed by atoms with E-state index in [1.165, 1.54) is 6.92 Å². The van der Waals surface area contributed by atoms with Gasteiger partial charge in [0.1, 0.15) is 17.4 Å². The van der Waals surface area contributed by atoms with Crippen molar-refractivity contribution < 1.29 is 19.1 Å². The molecule has 21 heavy (non-hydrogen) atoms.